The summed E-state index contributed by atoms with van der Waals surface area (Å²) in [5, 5.41) is 2.89. The number of anilines is 2. The average molecular weight is 412 g/mol. The van der Waals surface area contributed by atoms with Crippen LogP contribution in [0.25, 0.3) is 0 Å². The Morgan fingerprint density at radius 3 is 2.47 bits per heavy atom. The molecule has 3 rings (SSSR count). The van der Waals surface area contributed by atoms with Crippen molar-refractivity contribution in [1.29, 1.82) is 0 Å². The van der Waals surface area contributed by atoms with Crippen LogP contribution >= 0.6 is 0 Å². The second kappa shape index (κ2) is 7.97. The van der Waals surface area contributed by atoms with Crippen molar-refractivity contribution in [3.05, 3.63) is 46.3 Å². The van der Waals surface area contributed by atoms with Crippen molar-refractivity contribution in [2.45, 2.75) is 60.0 Å². The number of H-pyrrole nitrogens is 1. The van der Waals surface area contributed by atoms with E-state index in [1.165, 1.54) is 6.92 Å². The first kappa shape index (κ1) is 21.6. The van der Waals surface area contributed by atoms with Crippen molar-refractivity contribution in [3.8, 4) is 0 Å². The van der Waals surface area contributed by atoms with Gasteiger partial charge in [-0.2, -0.15) is 0 Å². The lowest BCUT2D eigenvalue weighted by Crippen LogP contribution is -2.39. The van der Waals surface area contributed by atoms with Crippen LogP contribution in [0, 0.1) is 13.8 Å². The number of aromatic amines is 1. The molecule has 0 saturated carbocycles. The number of carbonyl (C=O) groups is 3. The van der Waals surface area contributed by atoms with E-state index >= 15 is 0 Å². The number of aryl methyl sites for hydroxylation is 2. The van der Waals surface area contributed by atoms with E-state index in [1.54, 1.807) is 24.8 Å². The van der Waals surface area contributed by atoms with Gasteiger partial charge in [0.05, 0.1) is 5.69 Å². The van der Waals surface area contributed by atoms with Crippen LogP contribution in [0.15, 0.2) is 18.2 Å². The molecule has 1 aliphatic heterocycles. The van der Waals surface area contributed by atoms with E-state index in [-0.39, 0.29) is 17.8 Å². The van der Waals surface area contributed by atoms with Crippen LogP contribution in [0.3, 0.4) is 0 Å². The summed E-state index contributed by atoms with van der Waals surface area (Å²) in [6, 6.07) is 5.50. The molecular formula is C23H29N3O4. The maximum absolute atomic E-state index is 12.8. The lowest BCUT2D eigenvalue weighted by atomic mass is 10.0. The first-order valence-electron chi connectivity index (χ1n) is 10.1. The first-order chi connectivity index (χ1) is 14.0. The molecule has 7 nitrogen and oxygen atoms in total. The van der Waals surface area contributed by atoms with E-state index in [4.69, 9.17) is 4.74 Å². The van der Waals surface area contributed by atoms with Crippen LogP contribution in [0.1, 0.15) is 71.8 Å². The highest BCUT2D eigenvalue weighted by Crippen LogP contribution is 2.31. The summed E-state index contributed by atoms with van der Waals surface area (Å²) >= 11 is 0. The van der Waals surface area contributed by atoms with Crippen molar-refractivity contribution < 1.29 is 19.1 Å². The third-order valence-corrected chi connectivity index (χ3v) is 5.09. The minimum atomic E-state index is -0.562. The zero-order valence-corrected chi connectivity index (χ0v) is 18.4. The molecule has 7 heteroatoms. The van der Waals surface area contributed by atoms with Crippen LogP contribution < -0.4 is 10.2 Å². The van der Waals surface area contributed by atoms with Crippen molar-refractivity contribution in [2.24, 2.45) is 0 Å². The number of carbonyl (C=O) groups excluding carboxylic acids is 3. The van der Waals surface area contributed by atoms with Gasteiger partial charge in [0.1, 0.15) is 11.3 Å². The monoisotopic (exact) mass is 411 g/mol. The van der Waals surface area contributed by atoms with Crippen LogP contribution in [0.4, 0.5) is 16.2 Å². The van der Waals surface area contributed by atoms with Gasteiger partial charge in [-0.1, -0.05) is 0 Å². The third-order valence-electron chi connectivity index (χ3n) is 5.09. The van der Waals surface area contributed by atoms with E-state index in [0.717, 1.165) is 24.1 Å². The highest BCUT2D eigenvalue weighted by Gasteiger charge is 2.27. The molecule has 160 valence electrons. The summed E-state index contributed by atoms with van der Waals surface area (Å²) < 4.78 is 5.52. The summed E-state index contributed by atoms with van der Waals surface area (Å²) in [4.78, 5) is 41.8. The molecule has 0 spiro atoms. The van der Waals surface area contributed by atoms with Gasteiger partial charge >= 0.3 is 6.09 Å². The maximum atomic E-state index is 12.8. The second-order valence-electron chi connectivity index (χ2n) is 8.71. The fourth-order valence-electron chi connectivity index (χ4n) is 3.88. The molecule has 0 unspecified atom stereocenters. The maximum Gasteiger partial charge on any atom is 0.414 e. The number of aromatic nitrogens is 1. The van der Waals surface area contributed by atoms with Gasteiger partial charge in [-0.15, -0.1) is 0 Å². The molecule has 1 aliphatic rings. The Balaban J connectivity index is 1.82. The van der Waals surface area contributed by atoms with Crippen molar-refractivity contribution in [2.75, 3.05) is 16.8 Å². The molecule has 0 bridgehead atoms. The first-order valence-corrected chi connectivity index (χ1v) is 10.1. The Hall–Kier alpha value is -3.09. The number of ether oxygens (including phenoxy) is 1. The number of nitrogens with zero attached hydrogens (tertiary/aromatic N) is 1. The summed E-state index contributed by atoms with van der Waals surface area (Å²) in [6.07, 6.45) is 1.27. The lowest BCUT2D eigenvalue weighted by Gasteiger charge is -2.32. The minimum Gasteiger partial charge on any atom is -0.443 e. The number of hydrogen-bond donors (Lipinski definition) is 2. The smallest absolute Gasteiger partial charge is 0.414 e. The highest BCUT2D eigenvalue weighted by atomic mass is 16.6. The summed E-state index contributed by atoms with van der Waals surface area (Å²) in [6.45, 7) is 11.2. The van der Waals surface area contributed by atoms with E-state index in [2.05, 4.69) is 10.3 Å². The molecule has 2 heterocycles. The summed E-state index contributed by atoms with van der Waals surface area (Å²) in [5.74, 6) is -0.376. The fourth-order valence-corrected chi connectivity index (χ4v) is 3.88. The molecule has 30 heavy (non-hydrogen) atoms. The van der Waals surface area contributed by atoms with Gasteiger partial charge in [0.15, 0.2) is 5.78 Å². The van der Waals surface area contributed by atoms with Gasteiger partial charge in [-0.05, 0) is 83.7 Å². The zero-order chi connectivity index (χ0) is 22.2. The number of Topliss-reactive ketones (excluding diaryl/α,β-unsaturated/α-hetero) is 1. The summed E-state index contributed by atoms with van der Waals surface area (Å²) in [5.41, 5.74) is 4.13. The predicted molar refractivity (Wildman–Crippen MR) is 117 cm³/mol. The SMILES string of the molecule is CC(=O)c1c(C)[nH]c(C(=O)Nc2ccc3c(c2)CCCN3C(=O)OC(C)(C)C)c1C. The second-order valence-corrected chi connectivity index (χ2v) is 8.71. The number of rotatable bonds is 3. The fraction of sp³-hybridized carbons (Fsp3) is 0.435. The standard InChI is InChI=1S/C23H29N3O4/c1-13-19(15(3)27)14(2)24-20(13)21(28)25-17-9-10-18-16(12-17)8-7-11-26(18)22(29)30-23(4,5)6/h9-10,12,24H,7-8,11H2,1-6H3,(H,25,28). The largest absolute Gasteiger partial charge is 0.443 e. The van der Waals surface area contributed by atoms with Crippen molar-refractivity contribution >= 4 is 29.2 Å². The normalized spacial score (nSPS) is 13.6. The number of hydrogen-bond acceptors (Lipinski definition) is 4. The molecule has 2 N–H and O–H groups in total. The molecular weight excluding hydrogens is 382 g/mol. The van der Waals surface area contributed by atoms with Crippen LogP contribution in [-0.4, -0.2) is 34.9 Å². The zero-order valence-electron chi connectivity index (χ0n) is 18.4. The van der Waals surface area contributed by atoms with E-state index in [1.807, 2.05) is 32.9 Å². The van der Waals surface area contributed by atoms with Crippen LogP contribution in [-0.2, 0) is 11.2 Å². The number of amides is 2. The summed E-state index contributed by atoms with van der Waals surface area (Å²) in [7, 11) is 0. The molecule has 0 aliphatic carbocycles. The molecule has 0 fully saturated rings. The minimum absolute atomic E-state index is 0.0729. The molecule has 0 radical (unpaired) electrons. The molecule has 2 aromatic rings. The lowest BCUT2D eigenvalue weighted by molar-refractivity contribution is 0.0577. The molecule has 1 aromatic heterocycles. The van der Waals surface area contributed by atoms with Crippen molar-refractivity contribution in [1.82, 2.24) is 4.98 Å². The Kier molecular flexibility index (Phi) is 5.74. The van der Waals surface area contributed by atoms with Gasteiger partial charge in [-0.3, -0.25) is 14.5 Å². The Morgan fingerprint density at radius 2 is 1.87 bits per heavy atom. The van der Waals surface area contributed by atoms with Gasteiger partial charge in [0, 0.05) is 23.5 Å². The molecule has 0 atom stereocenters. The predicted octanol–water partition coefficient (Wildman–Crippen LogP) is 4.77. The number of ketones is 1. The van der Waals surface area contributed by atoms with Crippen LogP contribution in [0.5, 0.6) is 0 Å². The Morgan fingerprint density at radius 1 is 1.17 bits per heavy atom. The van der Waals surface area contributed by atoms with Gasteiger partial charge in [0.25, 0.3) is 5.91 Å². The van der Waals surface area contributed by atoms with E-state index in [0.29, 0.717) is 34.7 Å². The Labute approximate surface area is 176 Å². The molecule has 1 aromatic carbocycles. The highest BCUT2D eigenvalue weighted by molar-refractivity contribution is 6.07. The topological polar surface area (TPSA) is 91.5 Å². The average Bonchev–Trinajstić information content (AvgIpc) is 2.94. The van der Waals surface area contributed by atoms with Gasteiger partial charge < -0.3 is 15.0 Å². The molecule has 0 saturated heterocycles. The van der Waals surface area contributed by atoms with Gasteiger partial charge in [0.2, 0.25) is 0 Å². The quantitative estimate of drug-likeness (QED) is 0.712. The Bertz CT molecular complexity index is 1010. The third kappa shape index (κ3) is 4.40. The number of benzene rings is 1. The van der Waals surface area contributed by atoms with Gasteiger partial charge in [-0.25, -0.2) is 4.79 Å². The van der Waals surface area contributed by atoms with Crippen molar-refractivity contribution in [3.63, 3.8) is 0 Å². The van der Waals surface area contributed by atoms with E-state index in [9.17, 15) is 14.4 Å². The number of fused-ring (bicyclic) bond motifs is 1. The van der Waals surface area contributed by atoms with Crippen LogP contribution in [0.2, 0.25) is 0 Å². The number of nitrogens with one attached hydrogen (secondary N) is 2. The molecule has 2 amide bonds. The van der Waals surface area contributed by atoms with E-state index < -0.39 is 5.60 Å².